The molecule has 0 fully saturated rings. The lowest BCUT2D eigenvalue weighted by Crippen LogP contribution is -1.97. The summed E-state index contributed by atoms with van der Waals surface area (Å²) in [7, 11) is 0. The van der Waals surface area contributed by atoms with Crippen molar-refractivity contribution in [2.24, 2.45) is 0 Å². The van der Waals surface area contributed by atoms with Crippen LogP contribution in [0.2, 0.25) is 0 Å². The lowest BCUT2D eigenvalue weighted by Gasteiger charge is -2.11. The van der Waals surface area contributed by atoms with Crippen LogP contribution >= 0.6 is 0 Å². The van der Waals surface area contributed by atoms with Crippen molar-refractivity contribution in [1.82, 2.24) is 4.98 Å². The molecule has 0 aliphatic carbocycles. The predicted octanol–water partition coefficient (Wildman–Crippen LogP) is 3.67. The first-order valence-corrected chi connectivity index (χ1v) is 5.73. The molecule has 90 valence electrons. The fourth-order valence-electron chi connectivity index (χ4n) is 1.80. The molecule has 2 aromatic rings. The second kappa shape index (κ2) is 4.89. The molecule has 0 spiro atoms. The van der Waals surface area contributed by atoms with Crippen molar-refractivity contribution in [3.05, 3.63) is 52.8 Å². The van der Waals surface area contributed by atoms with Gasteiger partial charge in [0.25, 0.3) is 0 Å². The van der Waals surface area contributed by atoms with E-state index >= 15 is 0 Å². The monoisotopic (exact) mass is 238 g/mol. The highest BCUT2D eigenvalue weighted by atomic mass is 16.5. The quantitative estimate of drug-likeness (QED) is 0.801. The molecule has 0 saturated carbocycles. The second-order valence-corrected chi connectivity index (χ2v) is 4.20. The summed E-state index contributed by atoms with van der Waals surface area (Å²) in [6.07, 6.45) is 0. The van der Waals surface area contributed by atoms with Gasteiger partial charge in [0.15, 0.2) is 0 Å². The van der Waals surface area contributed by atoms with E-state index in [4.69, 9.17) is 10.00 Å². The first kappa shape index (κ1) is 12.1. The highest BCUT2D eigenvalue weighted by Gasteiger charge is 2.11. The topological polar surface area (TPSA) is 45.9 Å². The molecule has 3 nitrogen and oxygen atoms in total. The van der Waals surface area contributed by atoms with Crippen molar-refractivity contribution in [1.29, 1.82) is 5.26 Å². The number of aromatic nitrogens is 1. The van der Waals surface area contributed by atoms with Gasteiger partial charge in [-0.1, -0.05) is 18.2 Å². The Bertz CT molecular complexity index is 627. The van der Waals surface area contributed by atoms with Crippen molar-refractivity contribution >= 4 is 0 Å². The maximum Gasteiger partial charge on any atom is 0.148 e. The van der Waals surface area contributed by atoms with Gasteiger partial charge in [-0.2, -0.15) is 5.26 Å². The lowest BCUT2D eigenvalue weighted by atomic mass is 10.1. The highest BCUT2D eigenvalue weighted by Crippen LogP contribution is 2.29. The van der Waals surface area contributed by atoms with E-state index in [-0.39, 0.29) is 0 Å². The number of para-hydroxylation sites is 1. The summed E-state index contributed by atoms with van der Waals surface area (Å²) in [6.45, 7) is 5.68. The van der Waals surface area contributed by atoms with Crippen LogP contribution in [-0.2, 0) is 0 Å². The maximum absolute atomic E-state index is 9.17. The third kappa shape index (κ3) is 2.33. The van der Waals surface area contributed by atoms with Crippen LogP contribution in [0.5, 0.6) is 11.5 Å². The fourth-order valence-corrected chi connectivity index (χ4v) is 1.80. The van der Waals surface area contributed by atoms with Crippen LogP contribution in [-0.4, -0.2) is 4.98 Å². The van der Waals surface area contributed by atoms with E-state index in [0.29, 0.717) is 17.0 Å². The molecule has 0 radical (unpaired) electrons. The van der Waals surface area contributed by atoms with Crippen molar-refractivity contribution in [3.8, 4) is 17.6 Å². The number of hydrogen-bond donors (Lipinski definition) is 0. The predicted molar refractivity (Wildman–Crippen MR) is 69.7 cm³/mol. The van der Waals surface area contributed by atoms with E-state index < -0.39 is 0 Å². The van der Waals surface area contributed by atoms with Gasteiger partial charge in [-0.3, -0.25) is 4.98 Å². The summed E-state index contributed by atoms with van der Waals surface area (Å²) in [5.41, 5.74) is 3.06. The molecular formula is C15H14N2O. The van der Waals surface area contributed by atoms with Crippen molar-refractivity contribution in [3.63, 3.8) is 0 Å². The Balaban J connectivity index is 2.47. The molecule has 0 aliphatic heterocycles. The molecule has 2 rings (SSSR count). The normalized spacial score (nSPS) is 9.89. The molecule has 0 amide bonds. The molecule has 18 heavy (non-hydrogen) atoms. The van der Waals surface area contributed by atoms with Gasteiger partial charge in [0, 0.05) is 11.8 Å². The Labute approximate surface area is 107 Å². The van der Waals surface area contributed by atoms with E-state index in [1.165, 1.54) is 0 Å². The molecule has 0 atom stereocenters. The van der Waals surface area contributed by atoms with Crippen molar-refractivity contribution in [2.75, 3.05) is 0 Å². The molecule has 1 heterocycles. The highest BCUT2D eigenvalue weighted by molar-refractivity contribution is 5.49. The van der Waals surface area contributed by atoms with Gasteiger partial charge in [0.2, 0.25) is 0 Å². The summed E-state index contributed by atoms with van der Waals surface area (Å²) in [4.78, 5) is 4.27. The van der Waals surface area contributed by atoms with Crippen LogP contribution in [0.4, 0.5) is 0 Å². The minimum Gasteiger partial charge on any atom is -0.456 e. The second-order valence-electron chi connectivity index (χ2n) is 4.20. The number of aryl methyl sites for hydroxylation is 3. The molecule has 0 bridgehead atoms. The van der Waals surface area contributed by atoms with Gasteiger partial charge >= 0.3 is 0 Å². The van der Waals surface area contributed by atoms with E-state index in [1.54, 1.807) is 6.07 Å². The summed E-state index contributed by atoms with van der Waals surface area (Å²) in [6, 6.07) is 11.7. The standard InChI is InChI=1S/C15H14N2O/c1-10-6-4-5-7-14(10)18-15-8-11(2)17-12(3)13(15)9-16/h4-8H,1-3H3. The molecule has 0 aliphatic rings. The van der Waals surface area contributed by atoms with E-state index in [9.17, 15) is 0 Å². The SMILES string of the molecule is Cc1cc(Oc2ccccc2C)c(C#N)c(C)n1. The van der Waals surface area contributed by atoms with E-state index in [1.807, 2.05) is 45.0 Å². The third-order valence-corrected chi connectivity index (χ3v) is 2.72. The summed E-state index contributed by atoms with van der Waals surface area (Å²) in [5.74, 6) is 1.33. The Hall–Kier alpha value is -2.34. The van der Waals surface area contributed by atoms with Gasteiger partial charge in [-0.15, -0.1) is 0 Å². The van der Waals surface area contributed by atoms with Gasteiger partial charge < -0.3 is 4.74 Å². The molecule has 0 saturated heterocycles. The molecular weight excluding hydrogens is 224 g/mol. The average molecular weight is 238 g/mol. The maximum atomic E-state index is 9.17. The Kier molecular flexibility index (Phi) is 3.29. The summed E-state index contributed by atoms with van der Waals surface area (Å²) in [5, 5.41) is 9.17. The number of benzene rings is 1. The van der Waals surface area contributed by atoms with Crippen LogP contribution in [0.3, 0.4) is 0 Å². The number of hydrogen-bond acceptors (Lipinski definition) is 3. The minimum absolute atomic E-state index is 0.490. The molecule has 3 heteroatoms. The molecule has 1 aromatic heterocycles. The van der Waals surface area contributed by atoms with Crippen LogP contribution in [0.25, 0.3) is 0 Å². The Morgan fingerprint density at radius 1 is 1.11 bits per heavy atom. The van der Waals surface area contributed by atoms with Crippen LogP contribution in [0.1, 0.15) is 22.5 Å². The van der Waals surface area contributed by atoms with Gasteiger partial charge in [0.05, 0.1) is 5.69 Å². The molecule has 0 unspecified atom stereocenters. The zero-order valence-electron chi connectivity index (χ0n) is 10.7. The van der Waals surface area contributed by atoms with Gasteiger partial charge in [-0.25, -0.2) is 0 Å². The number of ether oxygens (including phenoxy) is 1. The average Bonchev–Trinajstić information content (AvgIpc) is 2.31. The van der Waals surface area contributed by atoms with Crippen LogP contribution in [0, 0.1) is 32.1 Å². The summed E-state index contributed by atoms with van der Waals surface area (Å²) < 4.78 is 5.83. The van der Waals surface area contributed by atoms with E-state index in [2.05, 4.69) is 11.1 Å². The third-order valence-electron chi connectivity index (χ3n) is 2.72. The summed E-state index contributed by atoms with van der Waals surface area (Å²) >= 11 is 0. The number of nitriles is 1. The first-order chi connectivity index (χ1) is 8.61. The molecule has 0 N–H and O–H groups in total. The Morgan fingerprint density at radius 2 is 1.83 bits per heavy atom. The number of nitrogens with zero attached hydrogens (tertiary/aromatic N) is 2. The smallest absolute Gasteiger partial charge is 0.148 e. The molecule has 1 aromatic carbocycles. The minimum atomic E-state index is 0.490. The first-order valence-electron chi connectivity index (χ1n) is 5.73. The number of rotatable bonds is 2. The number of pyridine rings is 1. The lowest BCUT2D eigenvalue weighted by molar-refractivity contribution is 0.475. The van der Waals surface area contributed by atoms with Crippen molar-refractivity contribution < 1.29 is 4.74 Å². The Morgan fingerprint density at radius 3 is 2.50 bits per heavy atom. The van der Waals surface area contributed by atoms with Crippen LogP contribution < -0.4 is 4.74 Å². The van der Waals surface area contributed by atoms with Crippen molar-refractivity contribution in [2.45, 2.75) is 20.8 Å². The van der Waals surface area contributed by atoms with Gasteiger partial charge in [-0.05, 0) is 32.4 Å². The zero-order valence-corrected chi connectivity index (χ0v) is 10.7. The van der Waals surface area contributed by atoms with E-state index in [0.717, 1.165) is 17.0 Å². The van der Waals surface area contributed by atoms with Gasteiger partial charge in [0.1, 0.15) is 23.1 Å². The largest absolute Gasteiger partial charge is 0.456 e. The van der Waals surface area contributed by atoms with Crippen LogP contribution in [0.15, 0.2) is 30.3 Å². The fraction of sp³-hybridized carbons (Fsp3) is 0.200. The zero-order chi connectivity index (χ0) is 13.1.